The number of amides is 1. The molecule has 0 saturated heterocycles. The molecule has 4 nitrogen and oxygen atoms in total. The molecule has 0 fully saturated rings. The monoisotopic (exact) mass is 192 g/mol. The highest BCUT2D eigenvalue weighted by molar-refractivity contribution is 5.80. The Labute approximate surface area is 82.6 Å². The molecule has 1 amide bonds. The lowest BCUT2D eigenvalue weighted by atomic mass is 10.2. The van der Waals surface area contributed by atoms with Crippen molar-refractivity contribution in [3.05, 3.63) is 35.4 Å². The minimum absolute atomic E-state index is 0.576. The summed E-state index contributed by atoms with van der Waals surface area (Å²) in [5, 5.41) is 3.69. The van der Waals surface area contributed by atoms with Gasteiger partial charge in [-0.15, -0.1) is 0 Å². The smallest absolute Gasteiger partial charge is 0.427 e. The zero-order valence-electron chi connectivity index (χ0n) is 8.15. The van der Waals surface area contributed by atoms with Crippen molar-refractivity contribution >= 4 is 12.3 Å². The Morgan fingerprint density at radius 3 is 2.64 bits per heavy atom. The molecule has 14 heavy (non-hydrogen) atoms. The number of hydrazone groups is 1. The number of methoxy groups -OCH3 is 1. The second-order valence-electron chi connectivity index (χ2n) is 2.77. The minimum atomic E-state index is -0.576. The maximum absolute atomic E-state index is 10.6. The molecule has 1 aromatic carbocycles. The van der Waals surface area contributed by atoms with Gasteiger partial charge >= 0.3 is 6.09 Å². The predicted molar refractivity (Wildman–Crippen MR) is 54.3 cm³/mol. The lowest BCUT2D eigenvalue weighted by Crippen LogP contribution is -2.16. The number of aryl methyl sites for hydroxylation is 1. The fraction of sp³-hybridized carbons (Fsp3) is 0.200. The Bertz CT molecular complexity index is 330. The summed E-state index contributed by atoms with van der Waals surface area (Å²) in [6.45, 7) is 2.01. The summed E-state index contributed by atoms with van der Waals surface area (Å²) in [5.41, 5.74) is 4.31. The number of hydrogen-bond acceptors (Lipinski definition) is 3. The summed E-state index contributed by atoms with van der Waals surface area (Å²) in [6.07, 6.45) is 0.976. The van der Waals surface area contributed by atoms with Crippen LogP contribution in [-0.2, 0) is 4.74 Å². The summed E-state index contributed by atoms with van der Waals surface area (Å²) < 4.78 is 4.34. The van der Waals surface area contributed by atoms with Gasteiger partial charge in [0, 0.05) is 0 Å². The van der Waals surface area contributed by atoms with Crippen LogP contribution < -0.4 is 5.43 Å². The first-order valence-electron chi connectivity index (χ1n) is 4.16. The molecule has 0 saturated carbocycles. The fourth-order valence-corrected chi connectivity index (χ4v) is 0.858. The molecule has 0 aromatic heterocycles. The zero-order valence-corrected chi connectivity index (χ0v) is 8.15. The van der Waals surface area contributed by atoms with Crippen molar-refractivity contribution in [1.82, 2.24) is 5.43 Å². The largest absolute Gasteiger partial charge is 0.452 e. The molecule has 0 aliphatic carbocycles. The average Bonchev–Trinajstić information content (AvgIpc) is 2.21. The zero-order chi connectivity index (χ0) is 10.4. The number of carbonyl (C=O) groups excluding carboxylic acids is 1. The van der Waals surface area contributed by atoms with E-state index in [1.165, 1.54) is 12.7 Å². The van der Waals surface area contributed by atoms with Crippen LogP contribution in [0.4, 0.5) is 4.79 Å². The Morgan fingerprint density at radius 2 is 2.07 bits per heavy atom. The molecule has 0 atom stereocenters. The number of carbonyl (C=O) groups is 1. The standard InChI is InChI=1S/C10H12N2O2/c1-8-3-5-9(6-4-8)7-11-12-10(13)14-2/h3-7H,1-2H3,(H,12,13). The molecule has 0 spiro atoms. The van der Waals surface area contributed by atoms with Crippen LogP contribution in [-0.4, -0.2) is 19.4 Å². The van der Waals surface area contributed by atoms with Gasteiger partial charge in [-0.3, -0.25) is 0 Å². The predicted octanol–water partition coefficient (Wildman–Crippen LogP) is 1.68. The van der Waals surface area contributed by atoms with Crippen LogP contribution in [0.25, 0.3) is 0 Å². The second-order valence-corrected chi connectivity index (χ2v) is 2.77. The molecular weight excluding hydrogens is 180 g/mol. The third-order valence-electron chi connectivity index (χ3n) is 1.63. The van der Waals surface area contributed by atoms with Crippen molar-refractivity contribution in [1.29, 1.82) is 0 Å². The first-order valence-corrected chi connectivity index (χ1v) is 4.16. The van der Waals surface area contributed by atoms with E-state index >= 15 is 0 Å². The van der Waals surface area contributed by atoms with Crippen molar-refractivity contribution < 1.29 is 9.53 Å². The summed E-state index contributed by atoms with van der Waals surface area (Å²) in [5.74, 6) is 0. The molecule has 4 heteroatoms. The summed E-state index contributed by atoms with van der Waals surface area (Å²) in [4.78, 5) is 10.6. The highest BCUT2D eigenvalue weighted by Gasteiger charge is 1.92. The van der Waals surface area contributed by atoms with Gasteiger partial charge in [-0.25, -0.2) is 10.2 Å². The van der Waals surface area contributed by atoms with E-state index in [0.717, 1.165) is 5.56 Å². The number of nitrogens with one attached hydrogen (secondary N) is 1. The quantitative estimate of drug-likeness (QED) is 0.572. The van der Waals surface area contributed by atoms with Crippen molar-refractivity contribution in [2.75, 3.05) is 7.11 Å². The molecule has 1 aromatic rings. The normalized spacial score (nSPS) is 10.1. The van der Waals surface area contributed by atoms with Gasteiger partial charge in [0.1, 0.15) is 0 Å². The first-order chi connectivity index (χ1) is 6.72. The van der Waals surface area contributed by atoms with Gasteiger partial charge < -0.3 is 4.74 Å². The van der Waals surface area contributed by atoms with E-state index in [1.54, 1.807) is 6.21 Å². The lowest BCUT2D eigenvalue weighted by molar-refractivity contribution is 0.171. The maximum Gasteiger partial charge on any atom is 0.427 e. The minimum Gasteiger partial charge on any atom is -0.452 e. The molecule has 0 radical (unpaired) electrons. The number of rotatable bonds is 2. The molecule has 0 bridgehead atoms. The molecule has 0 unspecified atom stereocenters. The van der Waals surface area contributed by atoms with Crippen molar-refractivity contribution in [3.8, 4) is 0 Å². The van der Waals surface area contributed by atoms with Crippen LogP contribution in [0.3, 0.4) is 0 Å². The van der Waals surface area contributed by atoms with Crippen molar-refractivity contribution in [3.63, 3.8) is 0 Å². The third-order valence-corrected chi connectivity index (χ3v) is 1.63. The number of hydrogen-bond donors (Lipinski definition) is 1. The molecule has 0 aliphatic rings. The molecular formula is C10H12N2O2. The second kappa shape index (κ2) is 5.01. The third kappa shape index (κ3) is 3.26. The van der Waals surface area contributed by atoms with E-state index in [-0.39, 0.29) is 0 Å². The number of ether oxygens (including phenoxy) is 1. The van der Waals surface area contributed by atoms with E-state index in [9.17, 15) is 4.79 Å². The molecule has 0 heterocycles. The topological polar surface area (TPSA) is 50.7 Å². The molecule has 1 rings (SSSR count). The molecule has 0 aliphatic heterocycles. The van der Waals surface area contributed by atoms with Crippen molar-refractivity contribution in [2.24, 2.45) is 5.10 Å². The van der Waals surface area contributed by atoms with Gasteiger partial charge in [0.05, 0.1) is 13.3 Å². The van der Waals surface area contributed by atoms with Gasteiger partial charge in [0.2, 0.25) is 0 Å². The summed E-state index contributed by atoms with van der Waals surface area (Å²) in [7, 11) is 1.29. The van der Waals surface area contributed by atoms with Crippen LogP contribution in [0, 0.1) is 6.92 Å². The number of nitrogens with zero attached hydrogens (tertiary/aromatic N) is 1. The van der Waals surface area contributed by atoms with Gasteiger partial charge in [-0.2, -0.15) is 5.10 Å². The van der Waals surface area contributed by atoms with Gasteiger partial charge in [0.25, 0.3) is 0 Å². The maximum atomic E-state index is 10.6. The molecule has 1 N–H and O–H groups in total. The highest BCUT2D eigenvalue weighted by atomic mass is 16.5. The van der Waals surface area contributed by atoms with E-state index in [0.29, 0.717) is 0 Å². The van der Waals surface area contributed by atoms with Crippen LogP contribution in [0.2, 0.25) is 0 Å². The van der Waals surface area contributed by atoms with Crippen molar-refractivity contribution in [2.45, 2.75) is 6.92 Å². The van der Waals surface area contributed by atoms with Gasteiger partial charge in [0.15, 0.2) is 0 Å². The summed E-state index contributed by atoms with van der Waals surface area (Å²) >= 11 is 0. The van der Waals surface area contributed by atoms with Crippen LogP contribution in [0.5, 0.6) is 0 Å². The Hall–Kier alpha value is -1.84. The lowest BCUT2D eigenvalue weighted by Gasteiger charge is -1.96. The van der Waals surface area contributed by atoms with Gasteiger partial charge in [-0.1, -0.05) is 29.8 Å². The average molecular weight is 192 g/mol. The van der Waals surface area contributed by atoms with E-state index < -0.39 is 6.09 Å². The summed E-state index contributed by atoms with van der Waals surface area (Å²) in [6, 6.07) is 7.77. The highest BCUT2D eigenvalue weighted by Crippen LogP contribution is 1.99. The van der Waals surface area contributed by atoms with Crippen LogP contribution in [0.1, 0.15) is 11.1 Å². The first kappa shape index (κ1) is 10.2. The van der Waals surface area contributed by atoms with E-state index in [4.69, 9.17) is 0 Å². The Balaban J connectivity index is 2.52. The Morgan fingerprint density at radius 1 is 1.43 bits per heavy atom. The van der Waals surface area contributed by atoms with Gasteiger partial charge in [-0.05, 0) is 12.5 Å². The fourth-order valence-electron chi connectivity index (χ4n) is 0.858. The van der Waals surface area contributed by atoms with E-state index in [2.05, 4.69) is 15.3 Å². The number of benzene rings is 1. The van der Waals surface area contributed by atoms with E-state index in [1.807, 2.05) is 31.2 Å². The molecule has 74 valence electrons. The SMILES string of the molecule is COC(=O)NN=Cc1ccc(C)cc1. The van der Waals surface area contributed by atoms with Crippen LogP contribution in [0.15, 0.2) is 29.4 Å². The van der Waals surface area contributed by atoms with Crippen LogP contribution >= 0.6 is 0 Å². The Kier molecular flexibility index (Phi) is 3.67.